The molecule has 0 bridgehead atoms. The molecule has 0 amide bonds. The van der Waals surface area contributed by atoms with Gasteiger partial charge >= 0.3 is 0 Å². The van der Waals surface area contributed by atoms with Gasteiger partial charge in [0.2, 0.25) is 0 Å². The van der Waals surface area contributed by atoms with E-state index in [2.05, 4.69) is 5.16 Å². The van der Waals surface area contributed by atoms with E-state index in [9.17, 15) is 0 Å². The van der Waals surface area contributed by atoms with Gasteiger partial charge in [-0.05, 0) is 25.5 Å². The number of nitrogen functional groups attached to an aromatic ring is 1. The highest BCUT2D eigenvalue weighted by Crippen LogP contribution is 2.22. The van der Waals surface area contributed by atoms with Crippen molar-refractivity contribution in [1.82, 2.24) is 5.16 Å². The molecule has 0 radical (unpaired) electrons. The molecule has 2 N–H and O–H groups in total. The average molecular weight is 188 g/mol. The van der Waals surface area contributed by atoms with Gasteiger partial charge in [0.25, 0.3) is 0 Å². The van der Waals surface area contributed by atoms with Crippen LogP contribution in [0.25, 0.3) is 11.3 Å². The standard InChI is InChI=1S/C11H12N2O/c1-7-3-4-9(6-10(7)12)11-5-8(2)14-13-11/h3-6H,12H2,1-2H3. The fourth-order valence-corrected chi connectivity index (χ4v) is 1.30. The molecule has 3 heteroatoms. The zero-order valence-corrected chi connectivity index (χ0v) is 8.24. The Morgan fingerprint density at radius 1 is 1.21 bits per heavy atom. The smallest absolute Gasteiger partial charge is 0.134 e. The van der Waals surface area contributed by atoms with Crippen LogP contribution in [0.5, 0.6) is 0 Å². The van der Waals surface area contributed by atoms with E-state index in [0.29, 0.717) is 0 Å². The van der Waals surface area contributed by atoms with Gasteiger partial charge in [0.1, 0.15) is 11.5 Å². The summed E-state index contributed by atoms with van der Waals surface area (Å²) >= 11 is 0. The number of aromatic nitrogens is 1. The SMILES string of the molecule is Cc1cc(-c2ccc(C)c(N)c2)no1. The molecule has 0 fully saturated rings. The number of nitrogens with two attached hydrogens (primary N) is 1. The highest BCUT2D eigenvalue weighted by Gasteiger charge is 2.04. The number of hydrogen-bond acceptors (Lipinski definition) is 3. The van der Waals surface area contributed by atoms with Gasteiger partial charge in [-0.3, -0.25) is 0 Å². The minimum Gasteiger partial charge on any atom is -0.398 e. The summed E-state index contributed by atoms with van der Waals surface area (Å²) in [7, 11) is 0. The van der Waals surface area contributed by atoms with Gasteiger partial charge in [-0.25, -0.2) is 0 Å². The molecule has 1 aromatic carbocycles. The van der Waals surface area contributed by atoms with E-state index in [1.165, 1.54) is 0 Å². The van der Waals surface area contributed by atoms with E-state index in [1.54, 1.807) is 0 Å². The normalized spacial score (nSPS) is 10.4. The average Bonchev–Trinajstić information content (AvgIpc) is 2.57. The molecule has 0 saturated heterocycles. The summed E-state index contributed by atoms with van der Waals surface area (Å²) in [6, 6.07) is 7.77. The predicted octanol–water partition coefficient (Wildman–Crippen LogP) is 2.54. The molecule has 0 aliphatic carbocycles. The fourth-order valence-electron chi connectivity index (χ4n) is 1.30. The van der Waals surface area contributed by atoms with Crippen molar-refractivity contribution < 1.29 is 4.52 Å². The van der Waals surface area contributed by atoms with Crippen LogP contribution in [0.2, 0.25) is 0 Å². The summed E-state index contributed by atoms with van der Waals surface area (Å²) in [5.41, 5.74) is 9.48. The maximum absolute atomic E-state index is 5.81. The number of benzene rings is 1. The lowest BCUT2D eigenvalue weighted by Crippen LogP contribution is -1.89. The first kappa shape index (κ1) is 8.81. The Morgan fingerprint density at radius 2 is 2.00 bits per heavy atom. The van der Waals surface area contributed by atoms with Crippen molar-refractivity contribution in [1.29, 1.82) is 0 Å². The quantitative estimate of drug-likeness (QED) is 0.699. The van der Waals surface area contributed by atoms with Crippen LogP contribution in [0.15, 0.2) is 28.8 Å². The topological polar surface area (TPSA) is 52.0 Å². The lowest BCUT2D eigenvalue weighted by molar-refractivity contribution is 0.399. The Kier molecular flexibility index (Phi) is 2.00. The Morgan fingerprint density at radius 3 is 2.57 bits per heavy atom. The second-order valence-corrected chi connectivity index (χ2v) is 3.39. The Balaban J connectivity index is 2.47. The molecule has 0 aliphatic rings. The van der Waals surface area contributed by atoms with E-state index in [-0.39, 0.29) is 0 Å². The molecule has 1 aromatic heterocycles. The van der Waals surface area contributed by atoms with Gasteiger partial charge in [-0.2, -0.15) is 0 Å². The lowest BCUT2D eigenvalue weighted by atomic mass is 10.1. The van der Waals surface area contributed by atoms with Gasteiger partial charge in [0.05, 0.1) is 0 Å². The molecule has 2 aromatic rings. The monoisotopic (exact) mass is 188 g/mol. The second-order valence-electron chi connectivity index (χ2n) is 3.39. The van der Waals surface area contributed by atoms with Gasteiger partial charge in [0.15, 0.2) is 0 Å². The van der Waals surface area contributed by atoms with E-state index >= 15 is 0 Å². The van der Waals surface area contributed by atoms with Crippen LogP contribution in [-0.2, 0) is 0 Å². The molecule has 0 spiro atoms. The zero-order chi connectivity index (χ0) is 10.1. The number of hydrogen-bond donors (Lipinski definition) is 1. The zero-order valence-electron chi connectivity index (χ0n) is 8.24. The number of nitrogens with zero attached hydrogens (tertiary/aromatic N) is 1. The third-order valence-corrected chi connectivity index (χ3v) is 2.20. The summed E-state index contributed by atoms with van der Waals surface area (Å²) in [6.45, 7) is 3.85. The Labute approximate surface area is 82.5 Å². The Bertz CT molecular complexity index is 460. The molecule has 72 valence electrons. The van der Waals surface area contributed by atoms with Crippen LogP contribution < -0.4 is 5.73 Å². The van der Waals surface area contributed by atoms with E-state index in [1.807, 2.05) is 38.1 Å². The third kappa shape index (κ3) is 1.48. The highest BCUT2D eigenvalue weighted by atomic mass is 16.5. The number of aryl methyl sites for hydroxylation is 2. The number of anilines is 1. The molecule has 2 rings (SSSR count). The van der Waals surface area contributed by atoms with Crippen LogP contribution >= 0.6 is 0 Å². The highest BCUT2D eigenvalue weighted by molar-refractivity contribution is 5.65. The molecule has 0 atom stereocenters. The lowest BCUT2D eigenvalue weighted by Gasteiger charge is -2.01. The van der Waals surface area contributed by atoms with Crippen molar-refractivity contribution in [3.63, 3.8) is 0 Å². The van der Waals surface area contributed by atoms with Crippen molar-refractivity contribution in [2.75, 3.05) is 5.73 Å². The van der Waals surface area contributed by atoms with Gasteiger partial charge in [-0.1, -0.05) is 17.3 Å². The van der Waals surface area contributed by atoms with E-state index in [4.69, 9.17) is 10.3 Å². The minimum atomic E-state index is 0.781. The molecule has 14 heavy (non-hydrogen) atoms. The van der Waals surface area contributed by atoms with Crippen molar-refractivity contribution in [3.05, 3.63) is 35.6 Å². The first-order chi connectivity index (χ1) is 6.66. The minimum absolute atomic E-state index is 0.781. The molecule has 0 aliphatic heterocycles. The van der Waals surface area contributed by atoms with Crippen LogP contribution in [0.4, 0.5) is 5.69 Å². The van der Waals surface area contributed by atoms with E-state index in [0.717, 1.165) is 28.3 Å². The second kappa shape index (κ2) is 3.18. The first-order valence-electron chi connectivity index (χ1n) is 4.46. The van der Waals surface area contributed by atoms with Crippen molar-refractivity contribution >= 4 is 5.69 Å². The molecular weight excluding hydrogens is 176 g/mol. The van der Waals surface area contributed by atoms with Crippen LogP contribution in [-0.4, -0.2) is 5.16 Å². The van der Waals surface area contributed by atoms with Crippen LogP contribution in [0, 0.1) is 13.8 Å². The summed E-state index contributed by atoms with van der Waals surface area (Å²) in [6.07, 6.45) is 0. The first-order valence-corrected chi connectivity index (χ1v) is 4.46. The molecule has 3 nitrogen and oxygen atoms in total. The summed E-state index contributed by atoms with van der Waals surface area (Å²) in [5, 5.41) is 3.93. The van der Waals surface area contributed by atoms with Crippen molar-refractivity contribution in [3.8, 4) is 11.3 Å². The third-order valence-electron chi connectivity index (χ3n) is 2.20. The van der Waals surface area contributed by atoms with Crippen LogP contribution in [0.1, 0.15) is 11.3 Å². The van der Waals surface area contributed by atoms with Gasteiger partial charge < -0.3 is 10.3 Å². The fraction of sp³-hybridized carbons (Fsp3) is 0.182. The Hall–Kier alpha value is -1.77. The molecule has 0 unspecified atom stereocenters. The maximum atomic E-state index is 5.81. The number of rotatable bonds is 1. The van der Waals surface area contributed by atoms with Crippen molar-refractivity contribution in [2.24, 2.45) is 0 Å². The molecule has 1 heterocycles. The van der Waals surface area contributed by atoms with Gasteiger partial charge in [0, 0.05) is 17.3 Å². The maximum Gasteiger partial charge on any atom is 0.134 e. The summed E-state index contributed by atoms with van der Waals surface area (Å²) in [5.74, 6) is 0.805. The molecule has 0 saturated carbocycles. The van der Waals surface area contributed by atoms with Gasteiger partial charge in [-0.15, -0.1) is 0 Å². The largest absolute Gasteiger partial charge is 0.398 e. The van der Waals surface area contributed by atoms with Crippen molar-refractivity contribution in [2.45, 2.75) is 13.8 Å². The predicted molar refractivity (Wildman–Crippen MR) is 55.8 cm³/mol. The summed E-state index contributed by atoms with van der Waals surface area (Å²) < 4.78 is 5.00. The molecular formula is C11H12N2O. The summed E-state index contributed by atoms with van der Waals surface area (Å²) in [4.78, 5) is 0. The van der Waals surface area contributed by atoms with E-state index < -0.39 is 0 Å². The van der Waals surface area contributed by atoms with Crippen LogP contribution in [0.3, 0.4) is 0 Å².